The Balaban J connectivity index is 2.09. The lowest BCUT2D eigenvalue weighted by molar-refractivity contribution is 0.318. The van der Waals surface area contributed by atoms with Crippen LogP contribution < -0.4 is 5.73 Å². The Morgan fingerprint density at radius 3 is 2.76 bits per heavy atom. The van der Waals surface area contributed by atoms with Crippen LogP contribution in [-0.4, -0.2) is 23.0 Å². The average Bonchev–Trinajstić information content (AvgIpc) is 2.82. The van der Waals surface area contributed by atoms with Gasteiger partial charge in [0.15, 0.2) is 5.84 Å². The highest BCUT2D eigenvalue weighted by atomic mass is 79.9. The zero-order chi connectivity index (χ0) is 15.4. The lowest BCUT2D eigenvalue weighted by Crippen LogP contribution is -2.18. The molecule has 0 atom stereocenters. The molecule has 0 bridgehead atoms. The second-order valence-corrected chi connectivity index (χ2v) is 6.65. The van der Waals surface area contributed by atoms with Gasteiger partial charge in [0.1, 0.15) is 5.82 Å². The number of oxime groups is 1. The first-order valence-corrected chi connectivity index (χ1v) is 7.84. The van der Waals surface area contributed by atoms with Crippen LogP contribution in [0.1, 0.15) is 16.0 Å². The molecule has 2 rings (SSSR count). The van der Waals surface area contributed by atoms with Crippen molar-refractivity contribution in [1.82, 2.24) is 4.90 Å². The molecule has 0 amide bonds. The van der Waals surface area contributed by atoms with Crippen molar-refractivity contribution in [1.29, 1.82) is 0 Å². The van der Waals surface area contributed by atoms with E-state index in [-0.39, 0.29) is 5.84 Å². The van der Waals surface area contributed by atoms with Crippen LogP contribution in [0.25, 0.3) is 0 Å². The molecule has 1 aromatic carbocycles. The summed E-state index contributed by atoms with van der Waals surface area (Å²) in [5, 5.41) is 13.6. The van der Waals surface area contributed by atoms with Crippen LogP contribution in [-0.2, 0) is 13.1 Å². The van der Waals surface area contributed by atoms with Crippen molar-refractivity contribution < 1.29 is 9.60 Å². The Hall–Kier alpha value is -1.44. The Morgan fingerprint density at radius 1 is 1.38 bits per heavy atom. The van der Waals surface area contributed by atoms with Gasteiger partial charge in [0.25, 0.3) is 0 Å². The number of nitrogens with zero attached hydrogens (tertiary/aromatic N) is 2. The number of hydrogen-bond acceptors (Lipinski definition) is 4. The number of amidine groups is 1. The lowest BCUT2D eigenvalue weighted by atomic mass is 10.1. The smallest absolute Gasteiger partial charge is 0.170 e. The van der Waals surface area contributed by atoms with Crippen LogP contribution in [0.4, 0.5) is 4.39 Å². The van der Waals surface area contributed by atoms with E-state index in [4.69, 9.17) is 10.9 Å². The van der Waals surface area contributed by atoms with E-state index in [0.717, 1.165) is 16.6 Å². The van der Waals surface area contributed by atoms with Crippen LogP contribution in [0.3, 0.4) is 0 Å². The summed E-state index contributed by atoms with van der Waals surface area (Å²) < 4.78 is 14.7. The minimum atomic E-state index is -0.402. The van der Waals surface area contributed by atoms with E-state index in [2.05, 4.69) is 32.1 Å². The number of rotatable bonds is 5. The Kier molecular flexibility index (Phi) is 5.33. The molecule has 0 aliphatic carbocycles. The van der Waals surface area contributed by atoms with Gasteiger partial charge in [-0.2, -0.15) is 0 Å². The van der Waals surface area contributed by atoms with Crippen molar-refractivity contribution in [2.45, 2.75) is 13.1 Å². The first kappa shape index (κ1) is 15.9. The molecule has 0 aliphatic rings. The molecule has 3 N–H and O–H groups in total. The van der Waals surface area contributed by atoms with Crippen LogP contribution in [0, 0.1) is 5.82 Å². The predicted octanol–water partition coefficient (Wildman–Crippen LogP) is 3.38. The molecule has 1 aromatic heterocycles. The number of benzene rings is 1. The first-order valence-electron chi connectivity index (χ1n) is 6.16. The van der Waals surface area contributed by atoms with Crippen molar-refractivity contribution in [3.8, 4) is 0 Å². The highest BCUT2D eigenvalue weighted by Crippen LogP contribution is 2.21. The zero-order valence-electron chi connectivity index (χ0n) is 11.4. The summed E-state index contributed by atoms with van der Waals surface area (Å²) in [6.45, 7) is 1.34. The molecule has 112 valence electrons. The highest BCUT2D eigenvalue weighted by molar-refractivity contribution is 9.10. The summed E-state index contributed by atoms with van der Waals surface area (Å²) in [7, 11) is 1.96. The highest BCUT2D eigenvalue weighted by Gasteiger charge is 2.08. The van der Waals surface area contributed by atoms with E-state index in [0.29, 0.717) is 12.1 Å². The van der Waals surface area contributed by atoms with Crippen molar-refractivity contribution in [2.24, 2.45) is 10.9 Å². The maximum absolute atomic E-state index is 13.6. The molecule has 0 spiro atoms. The van der Waals surface area contributed by atoms with Gasteiger partial charge in [0.05, 0.1) is 0 Å². The van der Waals surface area contributed by atoms with E-state index in [1.807, 2.05) is 12.4 Å². The third-order valence-electron chi connectivity index (χ3n) is 2.86. The summed E-state index contributed by atoms with van der Waals surface area (Å²) in [4.78, 5) is 3.29. The van der Waals surface area contributed by atoms with Crippen molar-refractivity contribution in [3.63, 3.8) is 0 Å². The first-order chi connectivity index (χ1) is 9.97. The Morgan fingerprint density at radius 2 is 2.14 bits per heavy atom. The van der Waals surface area contributed by atoms with Gasteiger partial charge >= 0.3 is 0 Å². The fraction of sp³-hybridized carbons (Fsp3) is 0.214. The topological polar surface area (TPSA) is 61.8 Å². The molecule has 2 aromatic rings. The molecule has 0 radical (unpaired) electrons. The molecular formula is C14H15BrFN3OS. The molecule has 0 fully saturated rings. The average molecular weight is 372 g/mol. The van der Waals surface area contributed by atoms with Gasteiger partial charge in [-0.1, -0.05) is 5.16 Å². The number of thiophene rings is 1. The Bertz CT molecular complexity index is 659. The lowest BCUT2D eigenvalue weighted by Gasteiger charge is -2.16. The number of nitrogens with two attached hydrogens (primary N) is 1. The van der Waals surface area contributed by atoms with Gasteiger partial charge in [-0.05, 0) is 52.8 Å². The van der Waals surface area contributed by atoms with Crippen molar-refractivity contribution in [3.05, 3.63) is 55.9 Å². The molecule has 0 saturated heterocycles. The third-order valence-corrected chi connectivity index (χ3v) is 4.54. The second kappa shape index (κ2) is 7.02. The fourth-order valence-corrected chi connectivity index (χ4v) is 3.55. The maximum Gasteiger partial charge on any atom is 0.170 e. The molecule has 1 heterocycles. The normalized spacial score (nSPS) is 12.1. The van der Waals surface area contributed by atoms with Crippen LogP contribution in [0.5, 0.6) is 0 Å². The largest absolute Gasteiger partial charge is 0.409 e. The molecule has 0 aliphatic heterocycles. The van der Waals surface area contributed by atoms with E-state index in [9.17, 15) is 4.39 Å². The molecule has 0 unspecified atom stereocenters. The van der Waals surface area contributed by atoms with Gasteiger partial charge in [0.2, 0.25) is 0 Å². The van der Waals surface area contributed by atoms with E-state index < -0.39 is 5.82 Å². The van der Waals surface area contributed by atoms with Gasteiger partial charge in [0, 0.05) is 33.4 Å². The van der Waals surface area contributed by atoms with Crippen molar-refractivity contribution in [2.75, 3.05) is 7.05 Å². The second-order valence-electron chi connectivity index (χ2n) is 4.74. The standard InChI is InChI=1S/C14H15BrFN3OS/c1-19(7-13-5-11(15)8-21-13)6-9-2-10(14(17)18-20)4-12(16)3-9/h2-5,8,20H,6-7H2,1H3,(H2,17,18). The van der Waals surface area contributed by atoms with Gasteiger partial charge in [-0.25, -0.2) is 4.39 Å². The van der Waals surface area contributed by atoms with Gasteiger partial charge in [-0.3, -0.25) is 4.90 Å². The predicted molar refractivity (Wildman–Crippen MR) is 86.1 cm³/mol. The zero-order valence-corrected chi connectivity index (χ0v) is 13.8. The van der Waals surface area contributed by atoms with E-state index in [1.165, 1.54) is 17.0 Å². The van der Waals surface area contributed by atoms with E-state index in [1.54, 1.807) is 17.4 Å². The van der Waals surface area contributed by atoms with Crippen LogP contribution in [0.2, 0.25) is 0 Å². The summed E-state index contributed by atoms with van der Waals surface area (Å²) in [5.74, 6) is -0.498. The number of halogens is 2. The summed E-state index contributed by atoms with van der Waals surface area (Å²) in [6, 6.07) is 6.48. The monoisotopic (exact) mass is 371 g/mol. The van der Waals surface area contributed by atoms with Gasteiger partial charge < -0.3 is 10.9 Å². The quantitative estimate of drug-likeness (QED) is 0.366. The summed E-state index contributed by atoms with van der Waals surface area (Å²) >= 11 is 5.09. The fourth-order valence-electron chi connectivity index (χ4n) is 2.02. The summed E-state index contributed by atoms with van der Waals surface area (Å²) in [6.07, 6.45) is 0. The minimum Gasteiger partial charge on any atom is -0.409 e. The van der Waals surface area contributed by atoms with Crippen LogP contribution in [0.15, 0.2) is 39.3 Å². The Labute approximate surface area is 134 Å². The SMILES string of the molecule is CN(Cc1cc(F)cc(/C(N)=N/O)c1)Cc1cc(Br)cs1. The molecule has 4 nitrogen and oxygen atoms in total. The number of hydrogen-bond donors (Lipinski definition) is 2. The molecule has 7 heteroatoms. The molecule has 21 heavy (non-hydrogen) atoms. The minimum absolute atomic E-state index is 0.0967. The van der Waals surface area contributed by atoms with Gasteiger partial charge in [-0.15, -0.1) is 11.3 Å². The van der Waals surface area contributed by atoms with E-state index >= 15 is 0 Å². The summed E-state index contributed by atoms with van der Waals surface area (Å²) in [5.41, 5.74) is 6.65. The third kappa shape index (κ3) is 4.52. The maximum atomic E-state index is 13.6. The van der Waals surface area contributed by atoms with Crippen LogP contribution >= 0.6 is 27.3 Å². The van der Waals surface area contributed by atoms with Crippen molar-refractivity contribution >= 4 is 33.1 Å². The molecule has 0 saturated carbocycles. The molecular weight excluding hydrogens is 357 g/mol.